The topological polar surface area (TPSA) is 74.4 Å². The summed E-state index contributed by atoms with van der Waals surface area (Å²) in [5.41, 5.74) is 2.50. The summed E-state index contributed by atoms with van der Waals surface area (Å²) in [5, 5.41) is 3.94. The van der Waals surface area contributed by atoms with Crippen LogP contribution in [0, 0.1) is 6.92 Å². The van der Waals surface area contributed by atoms with Gasteiger partial charge in [0.2, 0.25) is 5.91 Å². The first-order valence-corrected chi connectivity index (χ1v) is 9.31. The van der Waals surface area contributed by atoms with E-state index in [-0.39, 0.29) is 11.5 Å². The van der Waals surface area contributed by atoms with Gasteiger partial charge in [-0.2, -0.15) is 0 Å². The number of nitrogens with zero attached hydrogens (tertiary/aromatic N) is 1. The van der Waals surface area contributed by atoms with E-state index in [1.165, 1.54) is 0 Å². The fraction of sp³-hybridized carbons (Fsp3) is 0.500. The first kappa shape index (κ1) is 18.6. The zero-order valence-corrected chi connectivity index (χ0v) is 15.3. The Balaban J connectivity index is 1.44. The number of rotatable bonds is 7. The van der Waals surface area contributed by atoms with Crippen LogP contribution in [0.5, 0.6) is 0 Å². The molecule has 1 aromatic carbocycles. The molecule has 6 nitrogen and oxygen atoms in total. The molecule has 1 saturated heterocycles. The Hall–Kier alpha value is -2.18. The Bertz CT molecular complexity index is 810. The maximum absolute atomic E-state index is 12.2. The van der Waals surface area contributed by atoms with Gasteiger partial charge >= 0.3 is 0 Å². The summed E-state index contributed by atoms with van der Waals surface area (Å²) >= 11 is 0. The minimum atomic E-state index is -0.108. The van der Waals surface area contributed by atoms with Crippen molar-refractivity contribution in [1.29, 1.82) is 0 Å². The van der Waals surface area contributed by atoms with Crippen molar-refractivity contribution >= 4 is 16.8 Å². The number of aryl methyl sites for hydroxylation is 2. The minimum Gasteiger partial charge on any atom is -0.379 e. The molecule has 0 spiro atoms. The summed E-state index contributed by atoms with van der Waals surface area (Å²) in [6.07, 6.45) is 1.72. The van der Waals surface area contributed by atoms with Crippen LogP contribution in [0.4, 0.5) is 0 Å². The van der Waals surface area contributed by atoms with Gasteiger partial charge in [0.15, 0.2) is 0 Å². The molecular weight excluding hydrogens is 330 g/mol. The average Bonchev–Trinajstić information content (AvgIpc) is 2.64. The number of morpholine rings is 1. The molecule has 3 rings (SSSR count). The van der Waals surface area contributed by atoms with E-state index >= 15 is 0 Å². The van der Waals surface area contributed by atoms with E-state index in [1.807, 2.05) is 31.2 Å². The number of amides is 1. The molecular formula is C20H27N3O3. The largest absolute Gasteiger partial charge is 0.379 e. The highest BCUT2D eigenvalue weighted by Crippen LogP contribution is 2.13. The lowest BCUT2D eigenvalue weighted by Gasteiger charge is -2.26. The molecule has 0 radical (unpaired) electrons. The Morgan fingerprint density at radius 2 is 2.08 bits per heavy atom. The van der Waals surface area contributed by atoms with E-state index in [4.69, 9.17) is 4.74 Å². The van der Waals surface area contributed by atoms with Crippen molar-refractivity contribution in [3.63, 3.8) is 0 Å². The van der Waals surface area contributed by atoms with Crippen molar-refractivity contribution in [2.75, 3.05) is 39.4 Å². The molecule has 1 aromatic heterocycles. The van der Waals surface area contributed by atoms with Gasteiger partial charge < -0.3 is 15.0 Å². The van der Waals surface area contributed by atoms with E-state index < -0.39 is 0 Å². The predicted octanol–water partition coefficient (Wildman–Crippen LogP) is 1.61. The van der Waals surface area contributed by atoms with E-state index in [0.29, 0.717) is 24.9 Å². The lowest BCUT2D eigenvalue weighted by molar-refractivity contribution is -0.121. The van der Waals surface area contributed by atoms with E-state index in [2.05, 4.69) is 15.2 Å². The van der Waals surface area contributed by atoms with Crippen molar-refractivity contribution in [1.82, 2.24) is 15.2 Å². The maximum Gasteiger partial charge on any atom is 0.251 e. The number of hydrogen-bond donors (Lipinski definition) is 2. The monoisotopic (exact) mass is 357 g/mol. The van der Waals surface area contributed by atoms with Gasteiger partial charge in [-0.25, -0.2) is 0 Å². The van der Waals surface area contributed by atoms with Crippen LogP contribution in [-0.2, 0) is 16.0 Å². The number of pyridine rings is 1. The highest BCUT2D eigenvalue weighted by molar-refractivity contribution is 5.80. The molecule has 0 bridgehead atoms. The van der Waals surface area contributed by atoms with Gasteiger partial charge in [0.25, 0.3) is 5.56 Å². The molecule has 2 heterocycles. The van der Waals surface area contributed by atoms with Crippen LogP contribution in [-0.4, -0.2) is 55.2 Å². The fourth-order valence-electron chi connectivity index (χ4n) is 3.24. The number of nitrogens with one attached hydrogen (secondary N) is 2. The van der Waals surface area contributed by atoms with Gasteiger partial charge in [-0.1, -0.05) is 12.1 Å². The Morgan fingerprint density at radius 1 is 1.27 bits per heavy atom. The van der Waals surface area contributed by atoms with Gasteiger partial charge in [0.1, 0.15) is 0 Å². The number of carbonyl (C=O) groups excluding carboxylic acids is 1. The molecule has 1 amide bonds. The van der Waals surface area contributed by atoms with Crippen LogP contribution in [0.1, 0.15) is 24.0 Å². The molecule has 0 aliphatic carbocycles. The molecule has 140 valence electrons. The second kappa shape index (κ2) is 8.96. The SMILES string of the molecule is Cc1ccc2cc(CCC(=O)NCCCN3CCOCC3)c(=O)[nH]c2c1. The summed E-state index contributed by atoms with van der Waals surface area (Å²) in [4.78, 5) is 29.5. The summed E-state index contributed by atoms with van der Waals surface area (Å²) in [5.74, 6) is -0.00428. The molecule has 1 fully saturated rings. The van der Waals surface area contributed by atoms with E-state index in [0.717, 1.165) is 55.7 Å². The number of carbonyl (C=O) groups is 1. The molecule has 1 aliphatic rings. The van der Waals surface area contributed by atoms with Crippen LogP contribution in [0.3, 0.4) is 0 Å². The number of hydrogen-bond acceptors (Lipinski definition) is 4. The number of aromatic amines is 1. The predicted molar refractivity (Wildman–Crippen MR) is 103 cm³/mol. The zero-order valence-electron chi connectivity index (χ0n) is 15.3. The first-order chi connectivity index (χ1) is 12.6. The molecule has 6 heteroatoms. The molecule has 26 heavy (non-hydrogen) atoms. The third-order valence-electron chi connectivity index (χ3n) is 4.78. The number of H-pyrrole nitrogens is 1. The van der Waals surface area contributed by atoms with Gasteiger partial charge in [-0.05, 0) is 49.4 Å². The lowest BCUT2D eigenvalue weighted by atomic mass is 10.1. The van der Waals surface area contributed by atoms with Crippen LogP contribution >= 0.6 is 0 Å². The van der Waals surface area contributed by atoms with Crippen LogP contribution < -0.4 is 10.9 Å². The van der Waals surface area contributed by atoms with Crippen LogP contribution in [0.2, 0.25) is 0 Å². The Morgan fingerprint density at radius 3 is 2.88 bits per heavy atom. The van der Waals surface area contributed by atoms with Gasteiger partial charge in [-0.3, -0.25) is 14.5 Å². The fourth-order valence-corrected chi connectivity index (χ4v) is 3.24. The smallest absolute Gasteiger partial charge is 0.251 e. The number of benzene rings is 1. The Labute approximate surface area is 153 Å². The number of fused-ring (bicyclic) bond motifs is 1. The minimum absolute atomic E-state index is 0.00428. The summed E-state index contributed by atoms with van der Waals surface area (Å²) in [6.45, 7) is 7.18. The van der Waals surface area contributed by atoms with Crippen LogP contribution in [0.25, 0.3) is 10.9 Å². The molecule has 0 unspecified atom stereocenters. The second-order valence-electron chi connectivity index (χ2n) is 6.87. The standard InChI is InChI=1S/C20H27N3O3/c1-15-3-4-16-14-17(20(25)22-18(16)13-15)5-6-19(24)21-7-2-8-23-9-11-26-12-10-23/h3-4,13-14H,2,5-12H2,1H3,(H,21,24)(H,22,25). The molecule has 0 atom stereocenters. The maximum atomic E-state index is 12.2. The molecule has 1 aliphatic heterocycles. The average molecular weight is 357 g/mol. The molecule has 2 N–H and O–H groups in total. The second-order valence-corrected chi connectivity index (χ2v) is 6.87. The number of aromatic nitrogens is 1. The quantitative estimate of drug-likeness (QED) is 0.739. The molecule has 2 aromatic rings. The highest BCUT2D eigenvalue weighted by Gasteiger charge is 2.10. The third-order valence-corrected chi connectivity index (χ3v) is 4.78. The summed E-state index contributed by atoms with van der Waals surface area (Å²) in [6, 6.07) is 7.86. The van der Waals surface area contributed by atoms with Crippen molar-refractivity contribution in [2.45, 2.75) is 26.2 Å². The van der Waals surface area contributed by atoms with Crippen LogP contribution in [0.15, 0.2) is 29.1 Å². The zero-order chi connectivity index (χ0) is 18.4. The van der Waals surface area contributed by atoms with Crippen molar-refractivity contribution in [3.05, 3.63) is 45.7 Å². The van der Waals surface area contributed by atoms with Crippen molar-refractivity contribution in [2.24, 2.45) is 0 Å². The number of ether oxygens (including phenoxy) is 1. The van der Waals surface area contributed by atoms with Crippen molar-refractivity contribution < 1.29 is 9.53 Å². The summed E-state index contributed by atoms with van der Waals surface area (Å²) in [7, 11) is 0. The highest BCUT2D eigenvalue weighted by atomic mass is 16.5. The normalized spacial score (nSPS) is 15.3. The van der Waals surface area contributed by atoms with Gasteiger partial charge in [0, 0.05) is 37.1 Å². The van der Waals surface area contributed by atoms with Crippen molar-refractivity contribution in [3.8, 4) is 0 Å². The summed E-state index contributed by atoms with van der Waals surface area (Å²) < 4.78 is 5.32. The van der Waals surface area contributed by atoms with E-state index in [9.17, 15) is 9.59 Å². The first-order valence-electron chi connectivity index (χ1n) is 9.31. The lowest BCUT2D eigenvalue weighted by Crippen LogP contribution is -2.38. The van der Waals surface area contributed by atoms with Gasteiger partial charge in [-0.15, -0.1) is 0 Å². The van der Waals surface area contributed by atoms with E-state index in [1.54, 1.807) is 0 Å². The molecule has 0 saturated carbocycles. The third kappa shape index (κ3) is 5.16. The Kier molecular flexibility index (Phi) is 6.41. The van der Waals surface area contributed by atoms with Gasteiger partial charge in [0.05, 0.1) is 13.2 Å².